The molecule has 4 rings (SSSR count). The average Bonchev–Trinajstić information content (AvgIpc) is 2.63. The second-order valence-corrected chi connectivity index (χ2v) is 6.44. The van der Waals surface area contributed by atoms with Gasteiger partial charge in [0.25, 0.3) is 5.56 Å². The first-order valence-electron chi connectivity index (χ1n) is 8.54. The van der Waals surface area contributed by atoms with Gasteiger partial charge in [0.05, 0.1) is 16.9 Å². The van der Waals surface area contributed by atoms with Crippen LogP contribution < -0.4 is 10.9 Å². The number of rotatable bonds is 3. The third-order valence-electron chi connectivity index (χ3n) is 4.83. The van der Waals surface area contributed by atoms with Crippen LogP contribution in [-0.2, 0) is 6.54 Å². The summed E-state index contributed by atoms with van der Waals surface area (Å²) in [6.45, 7) is 2.91. The van der Waals surface area contributed by atoms with Crippen molar-refractivity contribution < 1.29 is 0 Å². The fourth-order valence-corrected chi connectivity index (χ4v) is 3.55. The summed E-state index contributed by atoms with van der Waals surface area (Å²) in [6.07, 6.45) is 1.99. The lowest BCUT2D eigenvalue weighted by molar-refractivity contribution is 0.349. The number of para-hydroxylation sites is 1. The van der Waals surface area contributed by atoms with Gasteiger partial charge in [0.1, 0.15) is 5.82 Å². The number of nitrogens with zero attached hydrogens (tertiary/aromatic N) is 2. The molecule has 2 heterocycles. The van der Waals surface area contributed by atoms with Gasteiger partial charge in [0.2, 0.25) is 0 Å². The molecule has 1 aliphatic rings. The van der Waals surface area contributed by atoms with Crippen LogP contribution in [0.4, 0.5) is 0 Å². The van der Waals surface area contributed by atoms with Crippen LogP contribution in [0.3, 0.4) is 0 Å². The molecule has 1 aromatic heterocycles. The van der Waals surface area contributed by atoms with Crippen LogP contribution in [0.1, 0.15) is 43.2 Å². The molecular weight excluding hydrogens is 298 g/mol. The van der Waals surface area contributed by atoms with Crippen molar-refractivity contribution in [2.24, 2.45) is 0 Å². The highest BCUT2D eigenvalue weighted by molar-refractivity contribution is 5.77. The number of benzene rings is 2. The van der Waals surface area contributed by atoms with Crippen LogP contribution in [0, 0.1) is 0 Å². The Kier molecular flexibility index (Phi) is 3.90. The first kappa shape index (κ1) is 15.1. The summed E-state index contributed by atoms with van der Waals surface area (Å²) in [5, 5.41) is 4.37. The molecule has 0 saturated heterocycles. The maximum Gasteiger partial charge on any atom is 0.261 e. The lowest BCUT2D eigenvalue weighted by Crippen LogP contribution is -2.36. The van der Waals surface area contributed by atoms with E-state index in [1.165, 1.54) is 5.56 Å². The minimum Gasteiger partial charge on any atom is -0.301 e. The summed E-state index contributed by atoms with van der Waals surface area (Å²) in [5.74, 6) is 0.868. The molecule has 0 fully saturated rings. The molecule has 122 valence electrons. The zero-order valence-corrected chi connectivity index (χ0v) is 13.8. The van der Waals surface area contributed by atoms with E-state index in [0.717, 1.165) is 30.7 Å². The molecule has 1 aliphatic heterocycles. The minimum atomic E-state index is 0.0782. The van der Waals surface area contributed by atoms with Crippen LogP contribution >= 0.6 is 0 Å². The Balaban J connectivity index is 1.72. The lowest BCUT2D eigenvalue weighted by atomic mass is 10.0. The largest absolute Gasteiger partial charge is 0.301 e. The van der Waals surface area contributed by atoms with E-state index in [0.29, 0.717) is 5.39 Å². The van der Waals surface area contributed by atoms with Crippen LogP contribution in [0.25, 0.3) is 10.9 Å². The van der Waals surface area contributed by atoms with Crippen LogP contribution in [0.5, 0.6) is 0 Å². The fourth-order valence-electron chi connectivity index (χ4n) is 3.55. The van der Waals surface area contributed by atoms with Gasteiger partial charge in [-0.05, 0) is 37.5 Å². The SMILES string of the molecule is C[C@H](N[C@@H]1CCCn2c1nc1ccccc1c2=O)c1ccccc1. The van der Waals surface area contributed by atoms with E-state index in [2.05, 4.69) is 36.5 Å². The van der Waals surface area contributed by atoms with E-state index >= 15 is 0 Å². The molecule has 0 unspecified atom stereocenters. The highest BCUT2D eigenvalue weighted by atomic mass is 16.1. The molecule has 3 aromatic rings. The van der Waals surface area contributed by atoms with Gasteiger partial charge in [-0.3, -0.25) is 9.36 Å². The molecule has 0 aliphatic carbocycles. The highest BCUT2D eigenvalue weighted by Crippen LogP contribution is 2.26. The Hall–Kier alpha value is -2.46. The molecule has 1 N–H and O–H groups in total. The molecule has 2 atom stereocenters. The summed E-state index contributed by atoms with van der Waals surface area (Å²) in [5.41, 5.74) is 2.11. The predicted octanol–water partition coefficient (Wildman–Crippen LogP) is 3.58. The number of nitrogens with one attached hydrogen (secondary N) is 1. The molecule has 2 aromatic carbocycles. The summed E-state index contributed by atoms with van der Waals surface area (Å²) < 4.78 is 1.85. The maximum atomic E-state index is 12.8. The highest BCUT2D eigenvalue weighted by Gasteiger charge is 2.25. The van der Waals surface area contributed by atoms with Gasteiger partial charge in [-0.2, -0.15) is 0 Å². The normalized spacial score (nSPS) is 18.3. The van der Waals surface area contributed by atoms with Gasteiger partial charge >= 0.3 is 0 Å². The van der Waals surface area contributed by atoms with Gasteiger partial charge in [-0.15, -0.1) is 0 Å². The van der Waals surface area contributed by atoms with Crippen LogP contribution in [0.15, 0.2) is 59.4 Å². The van der Waals surface area contributed by atoms with Crippen molar-refractivity contribution in [3.63, 3.8) is 0 Å². The van der Waals surface area contributed by atoms with Crippen molar-refractivity contribution in [3.8, 4) is 0 Å². The standard InChI is InChI=1S/C20H21N3O/c1-14(15-8-3-2-4-9-15)21-18-12-7-13-23-19(18)22-17-11-6-5-10-16(17)20(23)24/h2-6,8-11,14,18,21H,7,12-13H2,1H3/t14-,18+/m0/s1. The van der Waals surface area contributed by atoms with E-state index in [1.54, 1.807) is 0 Å². The van der Waals surface area contributed by atoms with Crippen molar-refractivity contribution in [1.29, 1.82) is 0 Å². The first-order chi connectivity index (χ1) is 11.7. The topological polar surface area (TPSA) is 46.9 Å². The summed E-state index contributed by atoms with van der Waals surface area (Å²) in [4.78, 5) is 17.6. The monoisotopic (exact) mass is 319 g/mol. The lowest BCUT2D eigenvalue weighted by Gasteiger charge is -2.29. The van der Waals surface area contributed by atoms with Gasteiger partial charge in [-0.1, -0.05) is 42.5 Å². The number of hydrogen-bond acceptors (Lipinski definition) is 3. The van der Waals surface area contributed by atoms with E-state index in [9.17, 15) is 4.79 Å². The zero-order valence-electron chi connectivity index (χ0n) is 13.8. The van der Waals surface area contributed by atoms with Crippen LogP contribution in [-0.4, -0.2) is 9.55 Å². The van der Waals surface area contributed by atoms with Crippen LogP contribution in [0.2, 0.25) is 0 Å². The van der Waals surface area contributed by atoms with Gasteiger partial charge < -0.3 is 5.32 Å². The van der Waals surface area contributed by atoms with Gasteiger partial charge in [0.15, 0.2) is 0 Å². The fraction of sp³-hybridized carbons (Fsp3) is 0.300. The minimum absolute atomic E-state index is 0.0782. The second-order valence-electron chi connectivity index (χ2n) is 6.44. The van der Waals surface area contributed by atoms with Crippen molar-refractivity contribution in [2.75, 3.05) is 0 Å². The Morgan fingerprint density at radius 2 is 1.88 bits per heavy atom. The molecule has 0 bridgehead atoms. The first-order valence-corrected chi connectivity index (χ1v) is 8.54. The Morgan fingerprint density at radius 1 is 1.12 bits per heavy atom. The van der Waals surface area contributed by atoms with Crippen molar-refractivity contribution in [3.05, 3.63) is 76.3 Å². The molecular formula is C20H21N3O. The smallest absolute Gasteiger partial charge is 0.261 e. The summed E-state index contributed by atoms with van der Waals surface area (Å²) in [6, 6.07) is 18.3. The number of fused-ring (bicyclic) bond motifs is 2. The molecule has 24 heavy (non-hydrogen) atoms. The molecule has 4 nitrogen and oxygen atoms in total. The van der Waals surface area contributed by atoms with E-state index in [4.69, 9.17) is 4.98 Å². The van der Waals surface area contributed by atoms with E-state index in [-0.39, 0.29) is 17.6 Å². The summed E-state index contributed by atoms with van der Waals surface area (Å²) >= 11 is 0. The molecule has 0 amide bonds. The summed E-state index contributed by atoms with van der Waals surface area (Å²) in [7, 11) is 0. The Bertz CT molecular complexity index is 917. The molecule has 0 radical (unpaired) electrons. The molecule has 0 saturated carbocycles. The Morgan fingerprint density at radius 3 is 2.71 bits per heavy atom. The van der Waals surface area contributed by atoms with Crippen molar-refractivity contribution >= 4 is 10.9 Å². The van der Waals surface area contributed by atoms with Crippen molar-refractivity contribution in [1.82, 2.24) is 14.9 Å². The second kappa shape index (κ2) is 6.21. The van der Waals surface area contributed by atoms with Gasteiger partial charge in [-0.25, -0.2) is 4.98 Å². The molecule has 4 heteroatoms. The van der Waals surface area contributed by atoms with Crippen molar-refractivity contribution in [2.45, 2.75) is 38.4 Å². The quantitative estimate of drug-likeness (QED) is 0.802. The zero-order chi connectivity index (χ0) is 16.5. The molecule has 0 spiro atoms. The third kappa shape index (κ3) is 2.63. The average molecular weight is 319 g/mol. The van der Waals surface area contributed by atoms with E-state index in [1.807, 2.05) is 34.9 Å². The predicted molar refractivity (Wildman–Crippen MR) is 96.0 cm³/mol. The Labute approximate surface area is 141 Å². The van der Waals surface area contributed by atoms with E-state index < -0.39 is 0 Å². The van der Waals surface area contributed by atoms with Gasteiger partial charge in [0, 0.05) is 12.6 Å². The number of aromatic nitrogens is 2. The third-order valence-corrected chi connectivity index (χ3v) is 4.83. The number of hydrogen-bond donors (Lipinski definition) is 1. The maximum absolute atomic E-state index is 12.8.